The molecule has 98 valence electrons. The molecule has 1 saturated heterocycles. The second-order valence-corrected chi connectivity index (χ2v) is 4.89. The molecule has 0 aromatic carbocycles. The summed E-state index contributed by atoms with van der Waals surface area (Å²) in [5, 5.41) is 8.84. The Morgan fingerprint density at radius 1 is 1.35 bits per heavy atom. The Labute approximate surface area is 102 Å². The maximum atomic E-state index is 12.0. The quantitative estimate of drug-likeness (QED) is 0.774. The molecule has 0 aromatic rings. The van der Waals surface area contributed by atoms with Gasteiger partial charge in [-0.1, -0.05) is 0 Å². The van der Waals surface area contributed by atoms with Gasteiger partial charge in [-0.15, -0.1) is 0 Å². The maximum absolute atomic E-state index is 12.0. The highest BCUT2D eigenvalue weighted by atomic mass is 16.4. The summed E-state index contributed by atoms with van der Waals surface area (Å²) >= 11 is 0. The van der Waals surface area contributed by atoms with Crippen molar-refractivity contribution in [1.82, 2.24) is 9.80 Å². The number of rotatable bonds is 5. The van der Waals surface area contributed by atoms with Crippen molar-refractivity contribution < 1.29 is 14.7 Å². The van der Waals surface area contributed by atoms with Crippen LogP contribution < -0.4 is 0 Å². The molecule has 1 aliphatic heterocycles. The van der Waals surface area contributed by atoms with E-state index in [4.69, 9.17) is 5.11 Å². The summed E-state index contributed by atoms with van der Waals surface area (Å²) in [7, 11) is 3.86. The first-order chi connectivity index (χ1) is 8.00. The molecule has 1 N–H and O–H groups in total. The molecule has 0 saturated carbocycles. The summed E-state index contributed by atoms with van der Waals surface area (Å²) in [4.78, 5) is 26.5. The van der Waals surface area contributed by atoms with Gasteiger partial charge in [-0.3, -0.25) is 9.59 Å². The summed E-state index contributed by atoms with van der Waals surface area (Å²) < 4.78 is 0. The van der Waals surface area contributed by atoms with Crippen LogP contribution in [-0.4, -0.2) is 60.0 Å². The van der Waals surface area contributed by atoms with Crippen LogP contribution in [0.15, 0.2) is 0 Å². The van der Waals surface area contributed by atoms with E-state index in [9.17, 15) is 9.59 Å². The molecule has 0 aromatic heterocycles. The van der Waals surface area contributed by atoms with Crippen molar-refractivity contribution in [3.8, 4) is 0 Å². The minimum absolute atomic E-state index is 0.0771. The Bertz CT molecular complexity index is 279. The van der Waals surface area contributed by atoms with E-state index in [2.05, 4.69) is 0 Å². The molecule has 1 rings (SSSR count). The predicted molar refractivity (Wildman–Crippen MR) is 64.8 cm³/mol. The van der Waals surface area contributed by atoms with E-state index >= 15 is 0 Å². The van der Waals surface area contributed by atoms with Crippen molar-refractivity contribution in [3.63, 3.8) is 0 Å². The average Bonchev–Trinajstić information content (AvgIpc) is 2.25. The zero-order chi connectivity index (χ0) is 12.8. The van der Waals surface area contributed by atoms with Gasteiger partial charge in [0, 0.05) is 25.6 Å². The predicted octanol–water partition coefficient (Wildman–Crippen LogP) is 0.794. The first kappa shape index (κ1) is 14.0. The van der Waals surface area contributed by atoms with Crippen molar-refractivity contribution in [1.29, 1.82) is 0 Å². The standard InChI is InChI=1S/C12H22N2O3/c1-13(2)8-6-11(15)14-7-4-3-5-10(14)9-12(16)17/h10H,3-9H2,1-2H3,(H,16,17). The van der Waals surface area contributed by atoms with Crippen molar-refractivity contribution >= 4 is 11.9 Å². The van der Waals surface area contributed by atoms with E-state index in [-0.39, 0.29) is 18.4 Å². The Hall–Kier alpha value is -1.10. The second-order valence-electron chi connectivity index (χ2n) is 4.89. The van der Waals surface area contributed by atoms with E-state index in [1.807, 2.05) is 19.0 Å². The van der Waals surface area contributed by atoms with E-state index < -0.39 is 5.97 Å². The molecule has 1 heterocycles. The highest BCUT2D eigenvalue weighted by Gasteiger charge is 2.27. The average molecular weight is 242 g/mol. The molecular formula is C12H22N2O3. The lowest BCUT2D eigenvalue weighted by Crippen LogP contribution is -2.45. The van der Waals surface area contributed by atoms with Crippen LogP contribution in [0, 0.1) is 0 Å². The normalized spacial score (nSPS) is 20.6. The summed E-state index contributed by atoms with van der Waals surface area (Å²) in [5.41, 5.74) is 0. The van der Waals surface area contributed by atoms with Crippen LogP contribution in [0.25, 0.3) is 0 Å². The Kier molecular flexibility index (Phi) is 5.41. The SMILES string of the molecule is CN(C)CCC(=O)N1CCCCC1CC(=O)O. The lowest BCUT2D eigenvalue weighted by atomic mass is 9.99. The van der Waals surface area contributed by atoms with Crippen LogP contribution in [-0.2, 0) is 9.59 Å². The summed E-state index contributed by atoms with van der Waals surface area (Å²) in [5.74, 6) is -0.730. The van der Waals surface area contributed by atoms with E-state index in [1.54, 1.807) is 4.90 Å². The lowest BCUT2D eigenvalue weighted by Gasteiger charge is -2.35. The molecule has 17 heavy (non-hydrogen) atoms. The number of carbonyl (C=O) groups excluding carboxylic acids is 1. The van der Waals surface area contributed by atoms with E-state index in [0.29, 0.717) is 13.0 Å². The minimum atomic E-state index is -0.817. The highest BCUT2D eigenvalue weighted by molar-refractivity contribution is 5.78. The number of aliphatic carboxylic acids is 1. The van der Waals surface area contributed by atoms with Gasteiger partial charge in [-0.05, 0) is 33.4 Å². The van der Waals surface area contributed by atoms with Crippen molar-refractivity contribution in [2.75, 3.05) is 27.2 Å². The van der Waals surface area contributed by atoms with Crippen molar-refractivity contribution in [2.24, 2.45) is 0 Å². The lowest BCUT2D eigenvalue weighted by molar-refractivity contribution is -0.142. The zero-order valence-electron chi connectivity index (χ0n) is 10.7. The van der Waals surface area contributed by atoms with Crippen LogP contribution in [0.1, 0.15) is 32.1 Å². The largest absolute Gasteiger partial charge is 0.481 e. The molecule has 5 heteroatoms. The number of nitrogens with zero attached hydrogens (tertiary/aromatic N) is 2. The zero-order valence-corrected chi connectivity index (χ0v) is 10.7. The number of carboxylic acids is 1. The van der Waals surface area contributed by atoms with Crippen LogP contribution in [0.2, 0.25) is 0 Å². The molecule has 1 amide bonds. The van der Waals surface area contributed by atoms with Gasteiger partial charge in [-0.2, -0.15) is 0 Å². The number of hydrogen-bond acceptors (Lipinski definition) is 3. The molecule has 0 bridgehead atoms. The number of carboxylic acid groups (broad SMARTS) is 1. The van der Waals surface area contributed by atoms with Gasteiger partial charge in [0.15, 0.2) is 0 Å². The summed E-state index contributed by atoms with van der Waals surface area (Å²) in [6.07, 6.45) is 3.38. The molecule has 1 fully saturated rings. The summed E-state index contributed by atoms with van der Waals surface area (Å²) in [6, 6.07) is -0.101. The van der Waals surface area contributed by atoms with Gasteiger partial charge in [-0.25, -0.2) is 0 Å². The van der Waals surface area contributed by atoms with Crippen molar-refractivity contribution in [3.05, 3.63) is 0 Å². The van der Waals surface area contributed by atoms with Gasteiger partial charge in [0.2, 0.25) is 5.91 Å². The maximum Gasteiger partial charge on any atom is 0.305 e. The van der Waals surface area contributed by atoms with Crippen LogP contribution in [0.3, 0.4) is 0 Å². The molecule has 0 spiro atoms. The molecule has 1 unspecified atom stereocenters. The van der Waals surface area contributed by atoms with Gasteiger partial charge in [0.05, 0.1) is 6.42 Å². The van der Waals surface area contributed by atoms with Gasteiger partial charge in [0.25, 0.3) is 0 Å². The van der Waals surface area contributed by atoms with Gasteiger partial charge < -0.3 is 14.9 Å². The Morgan fingerprint density at radius 3 is 2.65 bits per heavy atom. The molecule has 1 atom stereocenters. The second kappa shape index (κ2) is 6.59. The fourth-order valence-electron chi connectivity index (χ4n) is 2.21. The third-order valence-electron chi connectivity index (χ3n) is 3.13. The van der Waals surface area contributed by atoms with Gasteiger partial charge >= 0.3 is 5.97 Å². The fraction of sp³-hybridized carbons (Fsp3) is 0.833. The number of likely N-dealkylation sites (tertiary alicyclic amines) is 1. The Morgan fingerprint density at radius 2 is 2.06 bits per heavy atom. The molecule has 0 aliphatic carbocycles. The fourth-order valence-corrected chi connectivity index (χ4v) is 2.21. The van der Waals surface area contributed by atoms with Crippen LogP contribution in [0.4, 0.5) is 0 Å². The number of hydrogen-bond donors (Lipinski definition) is 1. The molecule has 5 nitrogen and oxygen atoms in total. The number of amides is 1. The number of carbonyl (C=O) groups is 2. The van der Waals surface area contributed by atoms with Crippen LogP contribution in [0.5, 0.6) is 0 Å². The molecule has 1 aliphatic rings. The third kappa shape index (κ3) is 4.73. The first-order valence-electron chi connectivity index (χ1n) is 6.16. The Balaban J connectivity index is 2.51. The monoisotopic (exact) mass is 242 g/mol. The molecule has 0 radical (unpaired) electrons. The topological polar surface area (TPSA) is 60.9 Å². The molecular weight excluding hydrogens is 220 g/mol. The van der Waals surface area contributed by atoms with E-state index in [1.165, 1.54) is 0 Å². The smallest absolute Gasteiger partial charge is 0.305 e. The highest BCUT2D eigenvalue weighted by Crippen LogP contribution is 2.20. The summed E-state index contributed by atoms with van der Waals surface area (Å²) in [6.45, 7) is 1.43. The van der Waals surface area contributed by atoms with Gasteiger partial charge in [0.1, 0.15) is 0 Å². The first-order valence-corrected chi connectivity index (χ1v) is 6.16. The minimum Gasteiger partial charge on any atom is -0.481 e. The number of piperidine rings is 1. The van der Waals surface area contributed by atoms with Crippen LogP contribution >= 0.6 is 0 Å². The van der Waals surface area contributed by atoms with Crippen molar-refractivity contribution in [2.45, 2.75) is 38.1 Å². The third-order valence-corrected chi connectivity index (χ3v) is 3.13. The van der Waals surface area contributed by atoms with E-state index in [0.717, 1.165) is 25.8 Å².